The minimum Gasteiger partial charge on any atom is -0.489 e. The van der Waals surface area contributed by atoms with Gasteiger partial charge in [0.1, 0.15) is 5.75 Å². The molecule has 2 N–H and O–H groups in total. The predicted molar refractivity (Wildman–Crippen MR) is 79.4 cm³/mol. The van der Waals surface area contributed by atoms with Crippen molar-refractivity contribution in [3.8, 4) is 5.75 Å². The van der Waals surface area contributed by atoms with E-state index in [1.54, 1.807) is 18.2 Å². The second-order valence-electron chi connectivity index (χ2n) is 5.83. The Bertz CT molecular complexity index is 535. The van der Waals surface area contributed by atoms with Crippen molar-refractivity contribution in [2.45, 2.75) is 45.6 Å². The molecule has 0 radical (unpaired) electrons. The number of carboxylic acids is 1. The molecule has 2 rings (SSSR count). The summed E-state index contributed by atoms with van der Waals surface area (Å²) in [6.45, 7) is 3.82. The van der Waals surface area contributed by atoms with Gasteiger partial charge in [-0.25, -0.2) is 0 Å². The van der Waals surface area contributed by atoms with E-state index in [4.69, 9.17) is 4.74 Å². The first-order valence-electron chi connectivity index (χ1n) is 7.22. The van der Waals surface area contributed by atoms with Gasteiger partial charge in [0.25, 0.3) is 0 Å². The molecule has 0 heterocycles. The number of nitrogens with one attached hydrogen (secondary N) is 1. The molecule has 114 valence electrons. The maximum atomic E-state index is 12.1. The van der Waals surface area contributed by atoms with Gasteiger partial charge < -0.3 is 15.2 Å². The molecular weight excluding hydrogens is 270 g/mol. The van der Waals surface area contributed by atoms with Crippen LogP contribution in [0.2, 0.25) is 0 Å². The summed E-state index contributed by atoms with van der Waals surface area (Å²) in [5.41, 5.74) is -0.297. The standard InChI is InChI=1S/C16H21NO4/c1-11(2)21-13-7-4-3-6-12(13)17-14(18)10-16(15(19)20)8-5-9-16/h3-4,6-7,11H,5,8-10H2,1-2H3,(H,17,18)(H,19,20). The molecule has 0 unspecified atom stereocenters. The van der Waals surface area contributed by atoms with Crippen LogP contribution in [0.1, 0.15) is 39.5 Å². The van der Waals surface area contributed by atoms with Crippen LogP contribution < -0.4 is 10.1 Å². The van der Waals surface area contributed by atoms with Gasteiger partial charge in [-0.15, -0.1) is 0 Å². The monoisotopic (exact) mass is 291 g/mol. The molecule has 1 aliphatic carbocycles. The first kappa shape index (κ1) is 15.4. The van der Waals surface area contributed by atoms with E-state index < -0.39 is 11.4 Å². The topological polar surface area (TPSA) is 75.6 Å². The highest BCUT2D eigenvalue weighted by molar-refractivity contribution is 5.95. The summed E-state index contributed by atoms with van der Waals surface area (Å²) < 4.78 is 5.63. The Morgan fingerprint density at radius 3 is 2.52 bits per heavy atom. The summed E-state index contributed by atoms with van der Waals surface area (Å²) >= 11 is 0. The Hall–Kier alpha value is -2.04. The van der Waals surface area contributed by atoms with Crippen molar-refractivity contribution in [2.75, 3.05) is 5.32 Å². The average Bonchev–Trinajstić information content (AvgIpc) is 2.35. The van der Waals surface area contributed by atoms with Gasteiger partial charge in [-0.05, 0) is 38.8 Å². The molecule has 0 bridgehead atoms. The fourth-order valence-electron chi connectivity index (χ4n) is 2.50. The quantitative estimate of drug-likeness (QED) is 0.844. The first-order chi connectivity index (χ1) is 9.93. The van der Waals surface area contributed by atoms with Crippen LogP contribution in [-0.2, 0) is 9.59 Å². The van der Waals surface area contributed by atoms with Gasteiger partial charge in [-0.1, -0.05) is 18.6 Å². The van der Waals surface area contributed by atoms with Crippen LogP contribution in [0, 0.1) is 5.41 Å². The predicted octanol–water partition coefficient (Wildman–Crippen LogP) is 3.06. The zero-order valence-electron chi connectivity index (χ0n) is 12.4. The zero-order valence-corrected chi connectivity index (χ0v) is 12.4. The minimum atomic E-state index is -0.879. The number of carbonyl (C=O) groups excluding carboxylic acids is 1. The van der Waals surface area contributed by atoms with Crippen LogP contribution in [0.4, 0.5) is 5.69 Å². The van der Waals surface area contributed by atoms with E-state index in [-0.39, 0.29) is 18.4 Å². The summed E-state index contributed by atoms with van der Waals surface area (Å²) in [5, 5.41) is 12.0. The number of benzene rings is 1. The summed E-state index contributed by atoms with van der Waals surface area (Å²) in [6.07, 6.45) is 2.02. The number of aliphatic carboxylic acids is 1. The van der Waals surface area contributed by atoms with Gasteiger partial charge >= 0.3 is 5.97 Å². The molecule has 0 aliphatic heterocycles. The Labute approximate surface area is 124 Å². The Kier molecular flexibility index (Phi) is 4.50. The molecular formula is C16H21NO4. The van der Waals surface area contributed by atoms with E-state index in [1.807, 2.05) is 19.9 Å². The lowest BCUT2D eigenvalue weighted by Gasteiger charge is -2.36. The molecule has 1 amide bonds. The van der Waals surface area contributed by atoms with Gasteiger partial charge in [0.2, 0.25) is 5.91 Å². The maximum Gasteiger partial charge on any atom is 0.310 e. The number of rotatable bonds is 6. The van der Waals surface area contributed by atoms with Gasteiger partial charge in [0, 0.05) is 6.42 Å². The Morgan fingerprint density at radius 2 is 2.00 bits per heavy atom. The van der Waals surface area contributed by atoms with E-state index in [2.05, 4.69) is 5.32 Å². The van der Waals surface area contributed by atoms with E-state index in [9.17, 15) is 14.7 Å². The highest BCUT2D eigenvalue weighted by atomic mass is 16.5. The highest BCUT2D eigenvalue weighted by Gasteiger charge is 2.45. The van der Waals surface area contributed by atoms with Crippen LogP contribution >= 0.6 is 0 Å². The van der Waals surface area contributed by atoms with Gasteiger partial charge in [0.05, 0.1) is 17.2 Å². The van der Waals surface area contributed by atoms with Gasteiger partial charge in [-0.2, -0.15) is 0 Å². The molecule has 1 aliphatic rings. The van der Waals surface area contributed by atoms with Crippen molar-refractivity contribution in [1.82, 2.24) is 0 Å². The van der Waals surface area contributed by atoms with E-state index in [0.29, 0.717) is 24.3 Å². The number of carbonyl (C=O) groups is 2. The Balaban J connectivity index is 2.04. The summed E-state index contributed by atoms with van der Waals surface area (Å²) in [4.78, 5) is 23.4. The number of hydrogen-bond donors (Lipinski definition) is 2. The van der Waals surface area contributed by atoms with E-state index in [1.165, 1.54) is 0 Å². The molecule has 0 atom stereocenters. The molecule has 5 heteroatoms. The van der Waals surface area contributed by atoms with Crippen LogP contribution in [0.25, 0.3) is 0 Å². The third kappa shape index (κ3) is 3.54. The summed E-state index contributed by atoms with van der Waals surface area (Å²) in [6, 6.07) is 7.17. The lowest BCUT2D eigenvalue weighted by Crippen LogP contribution is -2.41. The molecule has 0 saturated heterocycles. The van der Waals surface area contributed by atoms with Crippen molar-refractivity contribution in [3.63, 3.8) is 0 Å². The SMILES string of the molecule is CC(C)Oc1ccccc1NC(=O)CC1(C(=O)O)CCC1. The number of hydrogen-bond acceptors (Lipinski definition) is 3. The van der Waals surface area contributed by atoms with Crippen LogP contribution in [0.15, 0.2) is 24.3 Å². The van der Waals surface area contributed by atoms with Crippen molar-refractivity contribution >= 4 is 17.6 Å². The highest BCUT2D eigenvalue weighted by Crippen LogP contribution is 2.44. The lowest BCUT2D eigenvalue weighted by atomic mass is 9.66. The Morgan fingerprint density at radius 1 is 1.33 bits per heavy atom. The number of anilines is 1. The maximum absolute atomic E-state index is 12.1. The molecule has 5 nitrogen and oxygen atoms in total. The van der Waals surface area contributed by atoms with Gasteiger partial charge in [-0.3, -0.25) is 9.59 Å². The number of amides is 1. The molecule has 1 fully saturated rings. The first-order valence-corrected chi connectivity index (χ1v) is 7.22. The van der Waals surface area contributed by atoms with E-state index >= 15 is 0 Å². The summed E-state index contributed by atoms with van der Waals surface area (Å²) in [7, 11) is 0. The molecule has 1 saturated carbocycles. The molecule has 1 aromatic carbocycles. The molecule has 0 aromatic heterocycles. The normalized spacial score (nSPS) is 16.1. The number of carboxylic acid groups (broad SMARTS) is 1. The van der Waals surface area contributed by atoms with Crippen molar-refractivity contribution in [3.05, 3.63) is 24.3 Å². The number of para-hydroxylation sites is 2. The minimum absolute atomic E-state index is 0.0000425. The fourth-order valence-corrected chi connectivity index (χ4v) is 2.50. The summed E-state index contributed by atoms with van der Waals surface area (Å²) in [5.74, 6) is -0.564. The molecule has 1 aromatic rings. The second kappa shape index (κ2) is 6.16. The van der Waals surface area contributed by atoms with E-state index in [0.717, 1.165) is 6.42 Å². The molecule has 21 heavy (non-hydrogen) atoms. The smallest absolute Gasteiger partial charge is 0.310 e. The van der Waals surface area contributed by atoms with Crippen molar-refractivity contribution in [1.29, 1.82) is 0 Å². The average molecular weight is 291 g/mol. The fraction of sp³-hybridized carbons (Fsp3) is 0.500. The second-order valence-corrected chi connectivity index (χ2v) is 5.83. The van der Waals surface area contributed by atoms with Crippen LogP contribution in [0.5, 0.6) is 5.75 Å². The van der Waals surface area contributed by atoms with Crippen molar-refractivity contribution < 1.29 is 19.4 Å². The van der Waals surface area contributed by atoms with Crippen LogP contribution in [-0.4, -0.2) is 23.1 Å². The number of ether oxygens (including phenoxy) is 1. The third-order valence-corrected chi connectivity index (χ3v) is 3.79. The zero-order chi connectivity index (χ0) is 15.5. The molecule has 0 spiro atoms. The lowest BCUT2D eigenvalue weighted by molar-refractivity contribution is -0.157. The van der Waals surface area contributed by atoms with Gasteiger partial charge in [0.15, 0.2) is 0 Å². The van der Waals surface area contributed by atoms with Crippen molar-refractivity contribution in [2.24, 2.45) is 5.41 Å². The largest absolute Gasteiger partial charge is 0.489 e. The third-order valence-electron chi connectivity index (χ3n) is 3.79. The van der Waals surface area contributed by atoms with Crippen LogP contribution in [0.3, 0.4) is 0 Å².